The van der Waals surface area contributed by atoms with Crippen molar-refractivity contribution in [3.05, 3.63) is 40.4 Å². The zero-order valence-corrected chi connectivity index (χ0v) is 8.66. The van der Waals surface area contributed by atoms with E-state index in [0.717, 1.165) is 11.3 Å². The number of nitrogens with zero attached hydrogens (tertiary/aromatic N) is 1. The van der Waals surface area contributed by atoms with Gasteiger partial charge in [-0.3, -0.25) is 4.79 Å². The van der Waals surface area contributed by atoms with Crippen LogP contribution in [0.25, 0.3) is 5.65 Å². The van der Waals surface area contributed by atoms with Gasteiger partial charge >= 0.3 is 0 Å². The lowest BCUT2D eigenvalue weighted by Crippen LogP contribution is -2.11. The van der Waals surface area contributed by atoms with Crippen molar-refractivity contribution >= 4 is 5.65 Å². The third-order valence-corrected chi connectivity index (χ3v) is 2.30. The van der Waals surface area contributed by atoms with E-state index in [1.807, 2.05) is 10.6 Å². The maximum Gasteiger partial charge on any atom is 0.183 e. The van der Waals surface area contributed by atoms with Crippen LogP contribution in [0.3, 0.4) is 0 Å². The number of H-pyrrole nitrogens is 1. The van der Waals surface area contributed by atoms with Crippen molar-refractivity contribution in [3.63, 3.8) is 0 Å². The third kappa shape index (κ3) is 1.45. The molecule has 0 bridgehead atoms. The van der Waals surface area contributed by atoms with Gasteiger partial charge in [0.25, 0.3) is 0 Å². The summed E-state index contributed by atoms with van der Waals surface area (Å²) in [5.74, 6) is 0. The van der Waals surface area contributed by atoms with Crippen molar-refractivity contribution in [2.24, 2.45) is 0 Å². The summed E-state index contributed by atoms with van der Waals surface area (Å²) in [6.07, 6.45) is 3.80. The molecule has 2 aromatic rings. The molecule has 0 saturated carbocycles. The van der Waals surface area contributed by atoms with Crippen molar-refractivity contribution in [2.75, 3.05) is 0 Å². The highest BCUT2D eigenvalue weighted by atomic mass is 16.1. The molecule has 0 radical (unpaired) electrons. The van der Waals surface area contributed by atoms with Crippen molar-refractivity contribution in [2.45, 2.75) is 26.2 Å². The maximum absolute atomic E-state index is 11.1. The Labute approximate surface area is 82.4 Å². The molecule has 0 spiro atoms. The second kappa shape index (κ2) is 2.74. The Hall–Kier alpha value is -1.51. The molecule has 0 aliphatic rings. The monoisotopic (exact) mass is 190 g/mol. The van der Waals surface area contributed by atoms with E-state index in [0.29, 0.717) is 0 Å². The van der Waals surface area contributed by atoms with Crippen LogP contribution >= 0.6 is 0 Å². The minimum absolute atomic E-state index is 0.0345. The summed E-state index contributed by atoms with van der Waals surface area (Å²) in [5.41, 5.74) is 2.09. The number of fused-ring (bicyclic) bond motifs is 1. The predicted molar refractivity (Wildman–Crippen MR) is 56.7 cm³/mol. The highest BCUT2D eigenvalue weighted by molar-refractivity contribution is 5.40. The van der Waals surface area contributed by atoms with Gasteiger partial charge in [-0.15, -0.1) is 0 Å². The van der Waals surface area contributed by atoms with Gasteiger partial charge in [0.2, 0.25) is 0 Å². The number of rotatable bonds is 0. The van der Waals surface area contributed by atoms with Gasteiger partial charge in [0, 0.05) is 35.6 Å². The average Bonchev–Trinajstić information content (AvgIpc) is 2.45. The van der Waals surface area contributed by atoms with Crippen LogP contribution in [-0.4, -0.2) is 9.38 Å². The first-order valence-corrected chi connectivity index (χ1v) is 4.68. The smallest absolute Gasteiger partial charge is 0.183 e. The predicted octanol–water partition coefficient (Wildman–Crippen LogP) is 1.93. The number of aromatic nitrogens is 2. The molecule has 0 saturated heterocycles. The lowest BCUT2D eigenvalue weighted by molar-refractivity contribution is 0.573. The van der Waals surface area contributed by atoms with Gasteiger partial charge in [0.15, 0.2) is 5.43 Å². The van der Waals surface area contributed by atoms with Crippen LogP contribution in [0.2, 0.25) is 0 Å². The summed E-state index contributed by atoms with van der Waals surface area (Å²) < 4.78 is 1.93. The first-order valence-electron chi connectivity index (χ1n) is 4.68. The maximum atomic E-state index is 11.1. The SMILES string of the molecule is CC(C)(C)c1cn2ccc(=O)cc2[nH]1. The van der Waals surface area contributed by atoms with Crippen LogP contribution in [0.1, 0.15) is 26.5 Å². The quantitative estimate of drug-likeness (QED) is 0.677. The fraction of sp³-hybridized carbons (Fsp3) is 0.364. The molecule has 0 unspecified atom stereocenters. The summed E-state index contributed by atoms with van der Waals surface area (Å²) in [5, 5.41) is 0. The molecule has 1 N–H and O–H groups in total. The molecule has 0 aromatic carbocycles. The van der Waals surface area contributed by atoms with E-state index in [-0.39, 0.29) is 10.8 Å². The Morgan fingerprint density at radius 3 is 2.71 bits per heavy atom. The normalized spacial score (nSPS) is 12.2. The summed E-state index contributed by atoms with van der Waals surface area (Å²) >= 11 is 0. The first kappa shape index (κ1) is 9.06. The molecule has 3 heteroatoms. The number of aromatic amines is 1. The van der Waals surface area contributed by atoms with Gasteiger partial charge in [-0.2, -0.15) is 0 Å². The number of hydrogen-bond donors (Lipinski definition) is 1. The molecule has 74 valence electrons. The molecule has 0 amide bonds. The van der Waals surface area contributed by atoms with Gasteiger partial charge in [-0.1, -0.05) is 20.8 Å². The van der Waals surface area contributed by atoms with Crippen LogP contribution in [0.5, 0.6) is 0 Å². The lowest BCUT2D eigenvalue weighted by atomic mass is 9.93. The van der Waals surface area contributed by atoms with Crippen molar-refractivity contribution < 1.29 is 0 Å². The lowest BCUT2D eigenvalue weighted by Gasteiger charge is -2.14. The minimum Gasteiger partial charge on any atom is -0.343 e. The molecule has 3 nitrogen and oxygen atoms in total. The Bertz CT molecular complexity index is 514. The second-order valence-corrected chi connectivity index (χ2v) is 4.57. The zero-order chi connectivity index (χ0) is 10.3. The van der Waals surface area contributed by atoms with E-state index in [1.54, 1.807) is 18.3 Å². The average molecular weight is 190 g/mol. The third-order valence-electron chi connectivity index (χ3n) is 2.30. The van der Waals surface area contributed by atoms with Crippen LogP contribution in [0.4, 0.5) is 0 Å². The Balaban J connectivity index is 2.69. The van der Waals surface area contributed by atoms with Crippen LogP contribution in [0.15, 0.2) is 29.3 Å². The summed E-state index contributed by atoms with van der Waals surface area (Å²) in [7, 11) is 0. The molecular weight excluding hydrogens is 176 g/mol. The summed E-state index contributed by atoms with van der Waals surface area (Å²) in [6, 6.07) is 3.17. The van der Waals surface area contributed by atoms with Crippen LogP contribution in [-0.2, 0) is 5.41 Å². The van der Waals surface area contributed by atoms with Crippen LogP contribution in [0, 0.1) is 0 Å². The van der Waals surface area contributed by atoms with Gasteiger partial charge in [0.1, 0.15) is 5.65 Å². The second-order valence-electron chi connectivity index (χ2n) is 4.57. The molecule has 0 fully saturated rings. The van der Waals surface area contributed by atoms with Crippen molar-refractivity contribution in [1.29, 1.82) is 0 Å². The van der Waals surface area contributed by atoms with E-state index >= 15 is 0 Å². The van der Waals surface area contributed by atoms with E-state index in [2.05, 4.69) is 25.8 Å². The molecule has 0 atom stereocenters. The summed E-state index contributed by atoms with van der Waals surface area (Å²) in [4.78, 5) is 14.3. The largest absolute Gasteiger partial charge is 0.343 e. The van der Waals surface area contributed by atoms with Crippen LogP contribution < -0.4 is 5.43 Å². The van der Waals surface area contributed by atoms with Crippen molar-refractivity contribution in [3.8, 4) is 0 Å². The fourth-order valence-electron chi connectivity index (χ4n) is 1.40. The van der Waals surface area contributed by atoms with E-state index in [1.165, 1.54) is 0 Å². The molecular formula is C11H14N2O. The Morgan fingerprint density at radius 1 is 1.36 bits per heavy atom. The molecule has 0 aliphatic carbocycles. The van der Waals surface area contributed by atoms with Gasteiger partial charge in [0.05, 0.1) is 0 Å². The van der Waals surface area contributed by atoms with E-state index < -0.39 is 0 Å². The molecule has 2 aromatic heterocycles. The van der Waals surface area contributed by atoms with Gasteiger partial charge in [-0.05, 0) is 0 Å². The zero-order valence-electron chi connectivity index (χ0n) is 8.66. The Kier molecular flexibility index (Phi) is 1.77. The number of hydrogen-bond acceptors (Lipinski definition) is 1. The summed E-state index contributed by atoms with van der Waals surface area (Å²) in [6.45, 7) is 6.41. The van der Waals surface area contributed by atoms with Crippen molar-refractivity contribution in [1.82, 2.24) is 9.38 Å². The standard InChI is InChI=1S/C11H14N2O/c1-11(2,3)9-7-13-5-4-8(14)6-10(13)12-9/h4-7,12H,1-3H3. The first-order chi connectivity index (χ1) is 6.47. The highest BCUT2D eigenvalue weighted by Gasteiger charge is 2.15. The number of imidazole rings is 1. The van der Waals surface area contributed by atoms with E-state index in [9.17, 15) is 4.79 Å². The molecule has 2 rings (SSSR count). The minimum atomic E-state index is 0.0345. The molecule has 14 heavy (non-hydrogen) atoms. The molecule has 2 heterocycles. The van der Waals surface area contributed by atoms with E-state index in [4.69, 9.17) is 0 Å². The molecule has 0 aliphatic heterocycles. The fourth-order valence-corrected chi connectivity index (χ4v) is 1.40. The van der Waals surface area contributed by atoms with Gasteiger partial charge < -0.3 is 9.38 Å². The number of pyridine rings is 1. The van der Waals surface area contributed by atoms with Gasteiger partial charge in [-0.25, -0.2) is 0 Å². The Morgan fingerprint density at radius 2 is 2.07 bits per heavy atom. The number of nitrogens with one attached hydrogen (secondary N) is 1. The topological polar surface area (TPSA) is 37.3 Å². The highest BCUT2D eigenvalue weighted by Crippen LogP contribution is 2.20.